The number of rotatable bonds is 6. The second-order valence-corrected chi connectivity index (χ2v) is 9.78. The van der Waals surface area contributed by atoms with Gasteiger partial charge in [0.05, 0.1) is 12.6 Å². The summed E-state index contributed by atoms with van der Waals surface area (Å²) in [6, 6.07) is 28.5. The minimum atomic E-state index is -1.01. The van der Waals surface area contributed by atoms with Crippen molar-refractivity contribution in [3.05, 3.63) is 107 Å². The first kappa shape index (κ1) is 25.7. The molecular formula is C31H34N4O3. The molecule has 1 saturated heterocycles. The van der Waals surface area contributed by atoms with Crippen molar-refractivity contribution in [2.75, 3.05) is 32.8 Å². The molecule has 196 valence electrons. The minimum absolute atomic E-state index is 0.149. The molecule has 1 N–H and O–H groups in total. The number of nitrogens with zero attached hydrogens (tertiary/aromatic N) is 3. The van der Waals surface area contributed by atoms with Crippen molar-refractivity contribution < 1.29 is 14.3 Å². The van der Waals surface area contributed by atoms with E-state index >= 15 is 0 Å². The van der Waals surface area contributed by atoms with Gasteiger partial charge in [0, 0.05) is 26.2 Å². The summed E-state index contributed by atoms with van der Waals surface area (Å²) in [5.41, 5.74) is 4.40. The molecule has 0 aliphatic carbocycles. The third-order valence-corrected chi connectivity index (χ3v) is 7.23. The van der Waals surface area contributed by atoms with Gasteiger partial charge in [-0.3, -0.25) is 19.8 Å². The first-order valence-corrected chi connectivity index (χ1v) is 13.3. The predicted molar refractivity (Wildman–Crippen MR) is 147 cm³/mol. The maximum absolute atomic E-state index is 13.2. The van der Waals surface area contributed by atoms with Crippen molar-refractivity contribution in [2.45, 2.75) is 25.9 Å². The van der Waals surface area contributed by atoms with E-state index in [1.165, 1.54) is 11.1 Å². The Kier molecular flexibility index (Phi) is 7.84. The van der Waals surface area contributed by atoms with E-state index in [-0.39, 0.29) is 18.6 Å². The molecule has 0 unspecified atom stereocenters. The Morgan fingerprint density at radius 1 is 0.947 bits per heavy atom. The van der Waals surface area contributed by atoms with Gasteiger partial charge in [0.25, 0.3) is 0 Å². The highest BCUT2D eigenvalue weighted by atomic mass is 16.5. The van der Waals surface area contributed by atoms with E-state index in [0.29, 0.717) is 19.0 Å². The van der Waals surface area contributed by atoms with Gasteiger partial charge in [0.2, 0.25) is 11.9 Å². The zero-order valence-corrected chi connectivity index (χ0v) is 21.9. The summed E-state index contributed by atoms with van der Waals surface area (Å²) in [5.74, 6) is -1.40. The normalized spacial score (nSPS) is 20.1. The summed E-state index contributed by atoms with van der Waals surface area (Å²) in [5, 5.41) is 2.91. The molecule has 3 aromatic rings. The summed E-state index contributed by atoms with van der Waals surface area (Å²) in [6.45, 7) is 6.98. The van der Waals surface area contributed by atoms with Crippen LogP contribution in [0.15, 0.2) is 89.9 Å². The zero-order chi connectivity index (χ0) is 26.5. The maximum Gasteiger partial charge on any atom is 0.321 e. The molecule has 7 heteroatoms. The molecule has 0 bridgehead atoms. The van der Waals surface area contributed by atoms with E-state index in [4.69, 9.17) is 9.73 Å². The Morgan fingerprint density at radius 2 is 1.58 bits per heavy atom. The highest BCUT2D eigenvalue weighted by molar-refractivity contribution is 6.08. The number of piperazine rings is 1. The number of nitrogens with one attached hydrogen (secondary N) is 1. The molecule has 3 aromatic carbocycles. The van der Waals surface area contributed by atoms with Crippen LogP contribution in [0.2, 0.25) is 0 Å². The van der Waals surface area contributed by atoms with E-state index in [1.54, 1.807) is 6.92 Å². The van der Waals surface area contributed by atoms with Crippen LogP contribution in [-0.4, -0.2) is 60.4 Å². The van der Waals surface area contributed by atoms with Crippen LogP contribution in [0.25, 0.3) is 0 Å². The van der Waals surface area contributed by atoms with E-state index in [1.807, 2.05) is 43.3 Å². The maximum atomic E-state index is 13.2. The number of esters is 1. The number of carbonyl (C=O) groups excluding carboxylic acids is 2. The fourth-order valence-electron chi connectivity index (χ4n) is 5.40. The number of ether oxygens (including phenoxy) is 1. The Balaban J connectivity index is 1.38. The largest absolute Gasteiger partial charge is 0.465 e. The predicted octanol–water partition coefficient (Wildman–Crippen LogP) is 4.11. The molecule has 1 fully saturated rings. The number of hydrogen-bond acceptors (Lipinski definition) is 6. The van der Waals surface area contributed by atoms with Crippen molar-refractivity contribution >= 4 is 17.8 Å². The molecule has 2 atom stereocenters. The first-order chi connectivity index (χ1) is 18.5. The number of aliphatic imine (C=N–C) groups is 1. The fourth-order valence-corrected chi connectivity index (χ4v) is 5.40. The third kappa shape index (κ3) is 5.48. The van der Waals surface area contributed by atoms with Gasteiger partial charge in [-0.05, 0) is 30.5 Å². The molecule has 2 aliphatic heterocycles. The highest BCUT2D eigenvalue weighted by Crippen LogP contribution is 2.33. The number of benzene rings is 3. The van der Waals surface area contributed by atoms with Crippen LogP contribution < -0.4 is 5.32 Å². The van der Waals surface area contributed by atoms with Crippen molar-refractivity contribution in [1.82, 2.24) is 15.1 Å². The van der Waals surface area contributed by atoms with Gasteiger partial charge in [0.1, 0.15) is 6.04 Å². The van der Waals surface area contributed by atoms with Gasteiger partial charge in [-0.25, -0.2) is 4.99 Å². The summed E-state index contributed by atoms with van der Waals surface area (Å²) in [6.07, 6.45) is 0. The van der Waals surface area contributed by atoms with Crippen LogP contribution in [0.4, 0.5) is 0 Å². The van der Waals surface area contributed by atoms with Crippen molar-refractivity contribution in [3.8, 4) is 0 Å². The molecular weight excluding hydrogens is 476 g/mol. The minimum Gasteiger partial charge on any atom is -0.465 e. The lowest BCUT2D eigenvalue weighted by molar-refractivity contribution is -0.153. The van der Waals surface area contributed by atoms with E-state index in [0.717, 1.165) is 24.2 Å². The Bertz CT molecular complexity index is 1250. The Hall–Kier alpha value is -3.97. The lowest BCUT2D eigenvalue weighted by atomic mass is 9.90. The van der Waals surface area contributed by atoms with Gasteiger partial charge in [-0.15, -0.1) is 0 Å². The molecule has 0 radical (unpaired) electrons. The van der Waals surface area contributed by atoms with Crippen LogP contribution in [0, 0.1) is 12.8 Å². The number of guanidine groups is 1. The van der Waals surface area contributed by atoms with E-state index in [2.05, 4.69) is 63.6 Å². The summed E-state index contributed by atoms with van der Waals surface area (Å²) < 4.78 is 5.25. The number of amides is 1. The second kappa shape index (κ2) is 11.6. The van der Waals surface area contributed by atoms with Gasteiger partial charge in [-0.1, -0.05) is 90.5 Å². The average molecular weight is 511 g/mol. The molecule has 5 rings (SSSR count). The molecule has 0 aromatic heterocycles. The average Bonchev–Trinajstić information content (AvgIpc) is 2.94. The smallest absolute Gasteiger partial charge is 0.321 e. The monoisotopic (exact) mass is 510 g/mol. The molecule has 38 heavy (non-hydrogen) atoms. The summed E-state index contributed by atoms with van der Waals surface area (Å²) in [4.78, 5) is 35.5. The number of carbonyl (C=O) groups is 2. The van der Waals surface area contributed by atoms with Gasteiger partial charge >= 0.3 is 5.97 Å². The SMILES string of the molecule is CCOC(=O)[C@@H]1C(=O)NC(N2CCN(C(c3ccccc3)c3ccccc3)CC2)=N[C@@H]1c1cccc(C)c1. The number of hydrogen-bond donors (Lipinski definition) is 1. The lowest BCUT2D eigenvalue weighted by Crippen LogP contribution is -2.57. The number of aryl methyl sites for hydroxylation is 1. The van der Waals surface area contributed by atoms with Crippen LogP contribution in [0.3, 0.4) is 0 Å². The summed E-state index contributed by atoms with van der Waals surface area (Å²) >= 11 is 0. The second-order valence-electron chi connectivity index (χ2n) is 9.78. The van der Waals surface area contributed by atoms with Gasteiger partial charge in [-0.2, -0.15) is 0 Å². The zero-order valence-electron chi connectivity index (χ0n) is 21.9. The lowest BCUT2D eigenvalue weighted by Gasteiger charge is -2.42. The molecule has 0 saturated carbocycles. The van der Waals surface area contributed by atoms with Crippen molar-refractivity contribution in [2.24, 2.45) is 10.9 Å². The fraction of sp³-hybridized carbons (Fsp3) is 0.323. The molecule has 2 heterocycles. The third-order valence-electron chi connectivity index (χ3n) is 7.23. The topological polar surface area (TPSA) is 74.2 Å². The standard InChI is InChI=1S/C31H34N4O3/c1-3-38-30(37)26-27(25-16-10-11-22(2)21-25)32-31(33-29(26)36)35-19-17-34(18-20-35)28(23-12-6-4-7-13-23)24-14-8-5-9-15-24/h4-16,21,26-28H,3,17-20H2,1-2H3,(H,32,33,36)/t26-,27+/m0/s1. The van der Waals surface area contributed by atoms with E-state index in [9.17, 15) is 9.59 Å². The van der Waals surface area contributed by atoms with Crippen molar-refractivity contribution in [1.29, 1.82) is 0 Å². The van der Waals surface area contributed by atoms with Gasteiger partial charge < -0.3 is 9.64 Å². The molecule has 2 aliphatic rings. The molecule has 1 amide bonds. The van der Waals surface area contributed by atoms with Gasteiger partial charge in [0.15, 0.2) is 5.92 Å². The van der Waals surface area contributed by atoms with Crippen LogP contribution in [-0.2, 0) is 14.3 Å². The van der Waals surface area contributed by atoms with Crippen LogP contribution >= 0.6 is 0 Å². The Labute approximate surface area is 224 Å². The molecule has 0 spiro atoms. The molecule has 7 nitrogen and oxygen atoms in total. The van der Waals surface area contributed by atoms with Crippen LogP contribution in [0.1, 0.15) is 41.3 Å². The Morgan fingerprint density at radius 3 is 2.16 bits per heavy atom. The van der Waals surface area contributed by atoms with E-state index < -0.39 is 17.9 Å². The first-order valence-electron chi connectivity index (χ1n) is 13.3. The quantitative estimate of drug-likeness (QED) is 0.399. The van der Waals surface area contributed by atoms with Crippen LogP contribution in [0.5, 0.6) is 0 Å². The summed E-state index contributed by atoms with van der Waals surface area (Å²) in [7, 11) is 0. The van der Waals surface area contributed by atoms with Crippen molar-refractivity contribution in [3.63, 3.8) is 0 Å². The highest BCUT2D eigenvalue weighted by Gasteiger charge is 2.42.